The fraction of sp³-hybridized carbons (Fsp3) is 0.909. The Morgan fingerprint density at radius 3 is 1.25 bits per heavy atom. The number of rotatable bonds is 0. The first-order valence-corrected chi connectivity index (χ1v) is 5.45. The zero-order valence-corrected chi connectivity index (χ0v) is 6.68. The molecule has 0 aromatic heterocycles. The maximum Gasteiger partial charge on any atom is 0.140 e. The molecule has 0 radical (unpaired) electrons. The molecule has 0 aromatic rings. The van der Waals surface area contributed by atoms with Gasteiger partial charge >= 0.3 is 0 Å². The third-order valence-corrected chi connectivity index (χ3v) is 6.76. The van der Waals surface area contributed by atoms with Crippen molar-refractivity contribution < 1.29 is 4.79 Å². The smallest absolute Gasteiger partial charge is 0.140 e. The van der Waals surface area contributed by atoms with Crippen molar-refractivity contribution in [3.8, 4) is 0 Å². The van der Waals surface area contributed by atoms with Crippen molar-refractivity contribution in [2.24, 2.45) is 59.2 Å². The van der Waals surface area contributed by atoms with Crippen LogP contribution in [0.2, 0.25) is 0 Å². The zero-order chi connectivity index (χ0) is 7.35. The van der Waals surface area contributed by atoms with Gasteiger partial charge < -0.3 is 0 Å². The summed E-state index contributed by atoms with van der Waals surface area (Å²) in [6.45, 7) is 0. The highest BCUT2D eigenvalue weighted by Crippen LogP contribution is 2.95. The Kier molecular flexibility index (Phi) is 0.372. The van der Waals surface area contributed by atoms with Gasteiger partial charge in [-0.25, -0.2) is 0 Å². The molecule has 7 aliphatic rings. The van der Waals surface area contributed by atoms with E-state index in [-0.39, 0.29) is 0 Å². The first kappa shape index (κ1) is 4.78. The molecule has 2 bridgehead atoms. The van der Waals surface area contributed by atoms with Crippen LogP contribution in [-0.4, -0.2) is 5.78 Å². The monoisotopic (exact) mass is 158 g/mol. The van der Waals surface area contributed by atoms with E-state index in [0.29, 0.717) is 11.8 Å². The molecule has 7 aliphatic carbocycles. The minimum Gasteiger partial charge on any atom is -0.299 e. The lowest BCUT2D eigenvalue weighted by atomic mass is 9.39. The summed E-state index contributed by atoms with van der Waals surface area (Å²) in [5.74, 6) is 10.1. The summed E-state index contributed by atoms with van der Waals surface area (Å²) >= 11 is 0. The summed E-state index contributed by atoms with van der Waals surface area (Å²) in [7, 11) is 0. The van der Waals surface area contributed by atoms with Crippen LogP contribution in [0.25, 0.3) is 0 Å². The number of carbonyl (C=O) groups excluding carboxylic acids is 1. The van der Waals surface area contributed by atoms with Crippen LogP contribution in [0.4, 0.5) is 0 Å². The minimum absolute atomic E-state index is 0.620. The topological polar surface area (TPSA) is 17.1 Å². The standard InChI is InChI=1S/C11H10O/c12-11-9-5-1-2-4-3(1)7(9)8(4)10(11)6(2)5/h1-10H/t1?,2?,3?,4?,5-,6+,7+,8-,9?,10?. The number of Topliss-reactive ketones (excluding diaryl/α,β-unsaturated/α-hetero) is 1. The van der Waals surface area contributed by atoms with Crippen molar-refractivity contribution in [3.63, 3.8) is 0 Å². The summed E-state index contributed by atoms with van der Waals surface area (Å²) in [5.41, 5.74) is 0. The molecule has 1 heteroatoms. The fourth-order valence-electron chi connectivity index (χ4n) is 7.08. The lowest BCUT2D eigenvalue weighted by molar-refractivity contribution is -0.183. The van der Waals surface area contributed by atoms with Gasteiger partial charge in [0.15, 0.2) is 0 Å². The Morgan fingerprint density at radius 1 is 0.583 bits per heavy atom. The molecule has 0 aliphatic heterocycles. The van der Waals surface area contributed by atoms with Gasteiger partial charge in [0.1, 0.15) is 5.78 Å². The second kappa shape index (κ2) is 0.935. The van der Waals surface area contributed by atoms with Gasteiger partial charge in [-0.05, 0) is 47.3 Å². The Bertz CT molecular complexity index is 303. The fourth-order valence-corrected chi connectivity index (χ4v) is 7.08. The van der Waals surface area contributed by atoms with Crippen molar-refractivity contribution >= 4 is 5.78 Å². The maximum absolute atomic E-state index is 11.9. The largest absolute Gasteiger partial charge is 0.299 e. The molecule has 0 heterocycles. The van der Waals surface area contributed by atoms with Crippen LogP contribution in [0.3, 0.4) is 0 Å². The molecule has 1 nitrogen and oxygen atoms in total. The Balaban J connectivity index is 1.86. The number of carbonyl (C=O) groups is 1. The average Bonchev–Trinajstić information content (AvgIpc) is 2.40. The number of ketones is 1. The van der Waals surface area contributed by atoms with Gasteiger partial charge in [-0.1, -0.05) is 0 Å². The molecule has 0 spiro atoms. The summed E-state index contributed by atoms with van der Waals surface area (Å²) in [5, 5.41) is 0. The maximum atomic E-state index is 11.9. The van der Waals surface area contributed by atoms with E-state index in [1.54, 1.807) is 0 Å². The molecule has 6 atom stereocenters. The van der Waals surface area contributed by atoms with Gasteiger partial charge in [0.2, 0.25) is 0 Å². The second-order valence-electron chi connectivity index (χ2n) is 6.07. The molecule has 0 aromatic carbocycles. The highest BCUT2D eigenvalue weighted by atomic mass is 16.1. The van der Waals surface area contributed by atoms with Crippen LogP contribution in [-0.2, 0) is 4.79 Å². The zero-order valence-electron chi connectivity index (χ0n) is 6.68. The summed E-state index contributed by atoms with van der Waals surface area (Å²) in [6, 6.07) is 0. The highest BCUT2D eigenvalue weighted by molar-refractivity contribution is 5.93. The van der Waals surface area contributed by atoms with Crippen LogP contribution < -0.4 is 0 Å². The van der Waals surface area contributed by atoms with Gasteiger partial charge in [-0.2, -0.15) is 0 Å². The quantitative estimate of drug-likeness (QED) is 0.509. The van der Waals surface area contributed by atoms with E-state index in [0.717, 1.165) is 53.1 Å². The molecule has 0 N–H and O–H groups in total. The van der Waals surface area contributed by atoms with Crippen molar-refractivity contribution in [2.75, 3.05) is 0 Å². The van der Waals surface area contributed by atoms with E-state index in [1.807, 2.05) is 0 Å². The molecule has 7 saturated carbocycles. The average molecular weight is 158 g/mol. The summed E-state index contributed by atoms with van der Waals surface area (Å²) in [4.78, 5) is 11.9. The Morgan fingerprint density at radius 2 is 0.917 bits per heavy atom. The Hall–Kier alpha value is -0.330. The molecule has 0 saturated heterocycles. The lowest BCUT2D eigenvalue weighted by Crippen LogP contribution is -2.62. The molecule has 7 fully saturated rings. The number of hydrogen-bond acceptors (Lipinski definition) is 1. The van der Waals surface area contributed by atoms with E-state index in [9.17, 15) is 4.79 Å². The van der Waals surface area contributed by atoms with Gasteiger partial charge in [0.05, 0.1) is 0 Å². The predicted molar refractivity (Wildman–Crippen MR) is 39.9 cm³/mol. The van der Waals surface area contributed by atoms with Gasteiger partial charge in [0, 0.05) is 11.8 Å². The van der Waals surface area contributed by atoms with Crippen molar-refractivity contribution in [1.29, 1.82) is 0 Å². The van der Waals surface area contributed by atoms with Gasteiger partial charge in [-0.15, -0.1) is 0 Å². The van der Waals surface area contributed by atoms with Gasteiger partial charge in [0.25, 0.3) is 0 Å². The first-order valence-electron chi connectivity index (χ1n) is 5.45. The summed E-state index contributed by atoms with van der Waals surface area (Å²) < 4.78 is 0. The van der Waals surface area contributed by atoms with Crippen LogP contribution >= 0.6 is 0 Å². The van der Waals surface area contributed by atoms with Crippen molar-refractivity contribution in [1.82, 2.24) is 0 Å². The molecular formula is C11H10O. The first-order chi connectivity index (χ1) is 5.91. The normalized spacial score (nSPS) is 93.2. The van der Waals surface area contributed by atoms with E-state index in [1.165, 1.54) is 0 Å². The van der Waals surface area contributed by atoms with Crippen molar-refractivity contribution in [3.05, 3.63) is 0 Å². The van der Waals surface area contributed by atoms with E-state index in [4.69, 9.17) is 0 Å². The highest BCUT2D eigenvalue weighted by Gasteiger charge is 2.94. The van der Waals surface area contributed by atoms with Crippen LogP contribution in [0, 0.1) is 59.2 Å². The van der Waals surface area contributed by atoms with Crippen LogP contribution in [0.1, 0.15) is 0 Å². The molecule has 60 valence electrons. The predicted octanol–water partition coefficient (Wildman–Crippen LogP) is 0.799. The van der Waals surface area contributed by atoms with E-state index < -0.39 is 0 Å². The van der Waals surface area contributed by atoms with E-state index in [2.05, 4.69) is 0 Å². The van der Waals surface area contributed by atoms with Crippen LogP contribution in [0.15, 0.2) is 0 Å². The number of hydrogen-bond donors (Lipinski definition) is 0. The molecular weight excluding hydrogens is 148 g/mol. The van der Waals surface area contributed by atoms with E-state index >= 15 is 0 Å². The molecule has 7 rings (SSSR count). The lowest BCUT2D eigenvalue weighted by Gasteiger charge is -2.65. The second-order valence-corrected chi connectivity index (χ2v) is 6.07. The van der Waals surface area contributed by atoms with Crippen LogP contribution in [0.5, 0.6) is 0 Å². The van der Waals surface area contributed by atoms with Crippen molar-refractivity contribution in [2.45, 2.75) is 0 Å². The third kappa shape index (κ3) is 0.179. The minimum atomic E-state index is 0.620. The molecule has 2 unspecified atom stereocenters. The third-order valence-electron chi connectivity index (χ3n) is 6.76. The molecule has 0 amide bonds. The van der Waals surface area contributed by atoms with Gasteiger partial charge in [-0.3, -0.25) is 4.79 Å². The molecule has 12 heavy (non-hydrogen) atoms. The summed E-state index contributed by atoms with van der Waals surface area (Å²) in [6.07, 6.45) is 0. The SMILES string of the molecule is O=C1C2[C@H]3C4C5C6C4[C@H]3C1[C@@H]6[C@@H]52. The Labute approximate surface area is 70.5 Å².